The molecule has 0 aliphatic carbocycles. The maximum Gasteiger partial charge on any atom is 0.254 e. The summed E-state index contributed by atoms with van der Waals surface area (Å²) >= 11 is 0. The molecule has 0 heterocycles. The summed E-state index contributed by atoms with van der Waals surface area (Å²) in [6.45, 7) is 5.21. The Balaban J connectivity index is 0.00000420. The molecule has 0 aliphatic heterocycles. The zero-order chi connectivity index (χ0) is 20.5. The number of carbonyl (C=O) groups excluding carboxylic acids is 2. The van der Waals surface area contributed by atoms with Crippen molar-refractivity contribution in [3.8, 4) is 0 Å². The molecule has 3 N–H and O–H groups in total. The Morgan fingerprint density at radius 2 is 1.83 bits per heavy atom. The lowest BCUT2D eigenvalue weighted by Crippen LogP contribution is -2.32. The van der Waals surface area contributed by atoms with Gasteiger partial charge in [-0.15, -0.1) is 12.4 Å². The van der Waals surface area contributed by atoms with E-state index in [9.17, 15) is 14.0 Å². The molecule has 0 fully saturated rings. The monoisotopic (exact) mass is 421 g/mol. The number of nitrogens with zero attached hydrogens (tertiary/aromatic N) is 1. The first-order valence-electron chi connectivity index (χ1n) is 9.53. The fraction of sp³-hybridized carbons (Fsp3) is 0.364. The first kappa shape index (κ1) is 24.6. The Labute approximate surface area is 177 Å². The molecule has 0 aliphatic rings. The molecule has 7 heteroatoms. The standard InChI is InChI=1S/C22H28FN3O2.ClH/c1-16(2)13-21(27)25-20-10-9-18(14-19(20)23)22(28)26(12-6-11-24)15-17-7-4-3-5-8-17;/h3-5,7-10,14,16H,6,11-13,15,24H2,1-2H3,(H,25,27);1H. The maximum atomic E-state index is 14.4. The molecule has 0 unspecified atom stereocenters. The summed E-state index contributed by atoms with van der Waals surface area (Å²) in [4.78, 5) is 26.4. The molecular weight excluding hydrogens is 393 g/mol. The van der Waals surface area contributed by atoms with E-state index in [0.29, 0.717) is 32.5 Å². The van der Waals surface area contributed by atoms with Crippen molar-refractivity contribution < 1.29 is 14.0 Å². The topological polar surface area (TPSA) is 75.4 Å². The Kier molecular flexibility index (Phi) is 10.3. The van der Waals surface area contributed by atoms with Crippen LogP contribution in [0.4, 0.5) is 10.1 Å². The highest BCUT2D eigenvalue weighted by molar-refractivity contribution is 5.96. The molecule has 0 spiro atoms. The number of amides is 2. The summed E-state index contributed by atoms with van der Waals surface area (Å²) in [6.07, 6.45) is 0.967. The number of nitrogens with two attached hydrogens (primary N) is 1. The van der Waals surface area contributed by atoms with Gasteiger partial charge in [0, 0.05) is 25.1 Å². The van der Waals surface area contributed by atoms with Crippen LogP contribution in [0, 0.1) is 11.7 Å². The van der Waals surface area contributed by atoms with Gasteiger partial charge < -0.3 is 16.0 Å². The van der Waals surface area contributed by atoms with Gasteiger partial charge in [0.25, 0.3) is 5.91 Å². The van der Waals surface area contributed by atoms with Crippen molar-refractivity contribution in [1.82, 2.24) is 4.90 Å². The van der Waals surface area contributed by atoms with Crippen molar-refractivity contribution in [3.63, 3.8) is 0 Å². The summed E-state index contributed by atoms with van der Waals surface area (Å²) in [6, 6.07) is 13.8. The molecule has 2 rings (SSSR count). The van der Waals surface area contributed by atoms with Crippen LogP contribution in [0.3, 0.4) is 0 Å². The number of hydrogen-bond acceptors (Lipinski definition) is 3. The number of rotatable bonds is 9. The number of carbonyl (C=O) groups is 2. The molecular formula is C22H29ClFN3O2. The van der Waals surface area contributed by atoms with Gasteiger partial charge in [0.1, 0.15) is 5.82 Å². The van der Waals surface area contributed by atoms with E-state index in [-0.39, 0.29) is 41.4 Å². The third-order valence-corrected chi connectivity index (χ3v) is 4.22. The van der Waals surface area contributed by atoms with Gasteiger partial charge in [-0.3, -0.25) is 9.59 Å². The highest BCUT2D eigenvalue weighted by Gasteiger charge is 2.18. The van der Waals surface area contributed by atoms with Crippen molar-refractivity contribution in [3.05, 3.63) is 65.5 Å². The molecule has 29 heavy (non-hydrogen) atoms. The van der Waals surface area contributed by atoms with Crippen LogP contribution in [0.25, 0.3) is 0 Å². The van der Waals surface area contributed by atoms with Gasteiger partial charge in [-0.2, -0.15) is 0 Å². The fourth-order valence-electron chi connectivity index (χ4n) is 2.84. The van der Waals surface area contributed by atoms with E-state index in [1.807, 2.05) is 44.2 Å². The van der Waals surface area contributed by atoms with Gasteiger partial charge in [-0.25, -0.2) is 4.39 Å². The van der Waals surface area contributed by atoms with E-state index in [2.05, 4.69) is 5.32 Å². The number of anilines is 1. The van der Waals surface area contributed by atoms with Crippen LogP contribution in [-0.4, -0.2) is 29.8 Å². The van der Waals surface area contributed by atoms with E-state index < -0.39 is 5.82 Å². The van der Waals surface area contributed by atoms with Crippen molar-refractivity contribution in [2.75, 3.05) is 18.4 Å². The van der Waals surface area contributed by atoms with E-state index >= 15 is 0 Å². The summed E-state index contributed by atoms with van der Waals surface area (Å²) in [5.41, 5.74) is 6.91. The Morgan fingerprint density at radius 3 is 2.41 bits per heavy atom. The summed E-state index contributed by atoms with van der Waals surface area (Å²) < 4.78 is 14.4. The smallest absolute Gasteiger partial charge is 0.254 e. The van der Waals surface area contributed by atoms with Crippen LogP contribution in [0.5, 0.6) is 0 Å². The van der Waals surface area contributed by atoms with Gasteiger partial charge in [0.05, 0.1) is 5.69 Å². The van der Waals surface area contributed by atoms with Crippen LogP contribution < -0.4 is 11.1 Å². The van der Waals surface area contributed by atoms with E-state index in [1.165, 1.54) is 18.2 Å². The zero-order valence-electron chi connectivity index (χ0n) is 16.9. The predicted molar refractivity (Wildman–Crippen MR) is 117 cm³/mol. The van der Waals surface area contributed by atoms with Gasteiger partial charge in [-0.1, -0.05) is 44.2 Å². The SMILES string of the molecule is CC(C)CC(=O)Nc1ccc(C(=O)N(CCCN)Cc2ccccc2)cc1F.Cl. The Morgan fingerprint density at radius 1 is 1.14 bits per heavy atom. The van der Waals surface area contributed by atoms with Gasteiger partial charge in [0.15, 0.2) is 0 Å². The number of halogens is 2. The van der Waals surface area contributed by atoms with E-state index in [4.69, 9.17) is 5.73 Å². The molecule has 2 amide bonds. The molecule has 0 saturated heterocycles. The van der Waals surface area contributed by atoms with E-state index in [1.54, 1.807) is 4.90 Å². The van der Waals surface area contributed by atoms with Crippen LogP contribution in [-0.2, 0) is 11.3 Å². The average molecular weight is 422 g/mol. The predicted octanol–water partition coefficient (Wildman–Crippen LogP) is 4.22. The molecule has 2 aromatic carbocycles. The average Bonchev–Trinajstić information content (AvgIpc) is 2.66. The van der Waals surface area contributed by atoms with Crippen LogP contribution in [0.2, 0.25) is 0 Å². The minimum atomic E-state index is -0.624. The second kappa shape index (κ2) is 12.2. The molecule has 0 saturated carbocycles. The minimum Gasteiger partial charge on any atom is -0.334 e. The fourth-order valence-corrected chi connectivity index (χ4v) is 2.84. The molecule has 0 bridgehead atoms. The third-order valence-electron chi connectivity index (χ3n) is 4.22. The van der Waals surface area contributed by atoms with Gasteiger partial charge in [0.2, 0.25) is 5.91 Å². The lowest BCUT2D eigenvalue weighted by molar-refractivity contribution is -0.116. The summed E-state index contributed by atoms with van der Waals surface area (Å²) in [5, 5.41) is 2.56. The minimum absolute atomic E-state index is 0. The van der Waals surface area contributed by atoms with Gasteiger partial charge >= 0.3 is 0 Å². The lowest BCUT2D eigenvalue weighted by Gasteiger charge is -2.23. The van der Waals surface area contributed by atoms with Crippen molar-refractivity contribution in [1.29, 1.82) is 0 Å². The highest BCUT2D eigenvalue weighted by Crippen LogP contribution is 2.19. The van der Waals surface area contributed by atoms with Crippen LogP contribution in [0.1, 0.15) is 42.6 Å². The number of hydrogen-bond donors (Lipinski definition) is 2. The van der Waals surface area contributed by atoms with E-state index in [0.717, 1.165) is 5.56 Å². The maximum absolute atomic E-state index is 14.4. The molecule has 2 aromatic rings. The first-order valence-corrected chi connectivity index (χ1v) is 9.53. The summed E-state index contributed by atoms with van der Waals surface area (Å²) in [7, 11) is 0. The molecule has 0 aromatic heterocycles. The van der Waals surface area contributed by atoms with Crippen molar-refractivity contribution >= 4 is 29.9 Å². The quantitative estimate of drug-likeness (QED) is 0.636. The number of benzene rings is 2. The lowest BCUT2D eigenvalue weighted by atomic mass is 10.1. The normalized spacial score (nSPS) is 10.4. The first-order chi connectivity index (χ1) is 13.4. The number of nitrogens with one attached hydrogen (secondary N) is 1. The largest absolute Gasteiger partial charge is 0.334 e. The zero-order valence-corrected chi connectivity index (χ0v) is 17.7. The summed E-state index contributed by atoms with van der Waals surface area (Å²) in [5.74, 6) is -0.961. The second-order valence-corrected chi connectivity index (χ2v) is 7.20. The highest BCUT2D eigenvalue weighted by atomic mass is 35.5. The molecule has 5 nitrogen and oxygen atoms in total. The third kappa shape index (κ3) is 7.83. The van der Waals surface area contributed by atoms with Crippen molar-refractivity contribution in [2.45, 2.75) is 33.2 Å². The Hall–Kier alpha value is -2.44. The molecule has 158 valence electrons. The molecule has 0 atom stereocenters. The molecule has 0 radical (unpaired) electrons. The Bertz CT molecular complexity index is 800. The van der Waals surface area contributed by atoms with Crippen LogP contribution in [0.15, 0.2) is 48.5 Å². The van der Waals surface area contributed by atoms with Crippen molar-refractivity contribution in [2.24, 2.45) is 11.7 Å². The van der Waals surface area contributed by atoms with Gasteiger partial charge in [-0.05, 0) is 42.6 Å². The van der Waals surface area contributed by atoms with Crippen LogP contribution >= 0.6 is 12.4 Å². The second-order valence-electron chi connectivity index (χ2n) is 7.20.